The normalized spacial score (nSPS) is 27.7. The number of fused-ring (bicyclic) bond motifs is 2. The number of H-pyrrole nitrogens is 1. The second-order valence-electron chi connectivity index (χ2n) is 11.3. The van der Waals surface area contributed by atoms with Crippen molar-refractivity contribution >= 4 is 34.4 Å². The smallest absolute Gasteiger partial charge is 0.325 e. The second kappa shape index (κ2) is 9.27. The number of carboxylic acids is 1. The SMILES string of the molecule is CN(C)c1ccc(C2NC(Cc3c[nH]c4ccccc34)(C(=O)O)C3C(=O)N(C4CCCCC4)C(=O)C23)cc1. The number of hydrogen-bond donors (Lipinski definition) is 3. The molecule has 0 spiro atoms. The van der Waals surface area contributed by atoms with Crippen LogP contribution < -0.4 is 10.2 Å². The van der Waals surface area contributed by atoms with Gasteiger partial charge in [0.1, 0.15) is 5.54 Å². The molecule has 1 aliphatic carbocycles. The van der Waals surface area contributed by atoms with E-state index in [0.29, 0.717) is 0 Å². The predicted octanol–water partition coefficient (Wildman–Crippen LogP) is 3.88. The second-order valence-corrected chi connectivity index (χ2v) is 11.3. The first-order valence-electron chi connectivity index (χ1n) is 13.5. The first-order valence-corrected chi connectivity index (χ1v) is 13.5. The van der Waals surface area contributed by atoms with Crippen LogP contribution in [0.2, 0.25) is 0 Å². The molecule has 2 amide bonds. The number of carbonyl (C=O) groups excluding carboxylic acids is 2. The zero-order valence-corrected chi connectivity index (χ0v) is 21.8. The van der Waals surface area contributed by atoms with Crippen molar-refractivity contribution < 1.29 is 19.5 Å². The molecule has 0 bridgehead atoms. The Labute approximate surface area is 222 Å². The van der Waals surface area contributed by atoms with Gasteiger partial charge in [-0.05, 0) is 42.2 Å². The van der Waals surface area contributed by atoms with Crippen molar-refractivity contribution in [3.63, 3.8) is 0 Å². The van der Waals surface area contributed by atoms with Gasteiger partial charge in [0, 0.05) is 55.4 Å². The van der Waals surface area contributed by atoms with Gasteiger partial charge in [-0.15, -0.1) is 0 Å². The monoisotopic (exact) mass is 514 g/mol. The van der Waals surface area contributed by atoms with Crippen LogP contribution in [-0.4, -0.2) is 58.5 Å². The van der Waals surface area contributed by atoms with Crippen molar-refractivity contribution in [3.05, 3.63) is 65.9 Å². The van der Waals surface area contributed by atoms with Crippen molar-refractivity contribution in [2.45, 2.75) is 56.1 Å². The molecule has 8 heteroatoms. The van der Waals surface area contributed by atoms with E-state index in [1.165, 1.54) is 4.90 Å². The number of rotatable bonds is 6. The van der Waals surface area contributed by atoms with E-state index >= 15 is 0 Å². The summed E-state index contributed by atoms with van der Waals surface area (Å²) < 4.78 is 0. The first kappa shape index (κ1) is 24.7. The Kier molecular flexibility index (Phi) is 6.02. The fourth-order valence-corrected chi connectivity index (χ4v) is 7.00. The van der Waals surface area contributed by atoms with Gasteiger partial charge in [-0.1, -0.05) is 49.6 Å². The van der Waals surface area contributed by atoms with Gasteiger partial charge < -0.3 is 15.0 Å². The zero-order chi connectivity index (χ0) is 26.6. The number of imide groups is 1. The van der Waals surface area contributed by atoms with Crippen LogP contribution in [0, 0.1) is 11.8 Å². The molecule has 2 aromatic carbocycles. The number of hydrogen-bond acceptors (Lipinski definition) is 5. The molecule has 8 nitrogen and oxygen atoms in total. The summed E-state index contributed by atoms with van der Waals surface area (Å²) in [6.45, 7) is 0. The quantitative estimate of drug-likeness (QED) is 0.431. The van der Waals surface area contributed by atoms with E-state index in [1.807, 2.05) is 73.7 Å². The number of aromatic amines is 1. The van der Waals surface area contributed by atoms with Gasteiger partial charge in [0.05, 0.1) is 11.8 Å². The maximum atomic E-state index is 14.1. The lowest BCUT2D eigenvalue weighted by Crippen LogP contribution is -2.58. The average molecular weight is 515 g/mol. The summed E-state index contributed by atoms with van der Waals surface area (Å²) in [5.74, 6) is -3.42. The fourth-order valence-electron chi connectivity index (χ4n) is 7.00. The number of carbonyl (C=O) groups is 3. The van der Waals surface area contributed by atoms with Crippen LogP contribution in [0.25, 0.3) is 10.9 Å². The number of para-hydroxylation sites is 1. The Morgan fingerprint density at radius 1 is 1.03 bits per heavy atom. The molecule has 3 aliphatic rings. The van der Waals surface area contributed by atoms with E-state index < -0.39 is 29.4 Å². The van der Waals surface area contributed by atoms with E-state index in [1.54, 1.807) is 0 Å². The van der Waals surface area contributed by atoms with E-state index in [4.69, 9.17) is 0 Å². The number of anilines is 1. The minimum Gasteiger partial charge on any atom is -0.480 e. The first-order chi connectivity index (χ1) is 18.3. The summed E-state index contributed by atoms with van der Waals surface area (Å²) in [6, 6.07) is 14.8. The molecule has 1 aromatic heterocycles. The molecule has 4 atom stereocenters. The number of nitrogens with one attached hydrogen (secondary N) is 2. The third-order valence-corrected chi connectivity index (χ3v) is 8.92. The number of amides is 2. The third kappa shape index (κ3) is 3.73. The summed E-state index contributed by atoms with van der Waals surface area (Å²) in [5, 5.41) is 15.1. The molecule has 3 fully saturated rings. The van der Waals surface area contributed by atoms with Crippen LogP contribution in [0.3, 0.4) is 0 Å². The van der Waals surface area contributed by atoms with Gasteiger partial charge in [-0.2, -0.15) is 0 Å². The minimum atomic E-state index is -1.61. The van der Waals surface area contributed by atoms with Crippen molar-refractivity contribution in [2.24, 2.45) is 11.8 Å². The number of benzene rings is 2. The lowest BCUT2D eigenvalue weighted by molar-refractivity contribution is -0.152. The lowest BCUT2D eigenvalue weighted by Gasteiger charge is -2.34. The summed E-state index contributed by atoms with van der Waals surface area (Å²) in [7, 11) is 3.91. The highest BCUT2D eigenvalue weighted by molar-refractivity contribution is 6.10. The molecule has 38 heavy (non-hydrogen) atoms. The molecule has 3 N–H and O–H groups in total. The summed E-state index contributed by atoms with van der Waals surface area (Å²) in [5.41, 5.74) is 1.93. The third-order valence-electron chi connectivity index (χ3n) is 8.92. The van der Waals surface area contributed by atoms with E-state index in [-0.39, 0.29) is 24.3 Å². The highest BCUT2D eigenvalue weighted by Gasteiger charge is 2.69. The number of nitrogens with zero attached hydrogens (tertiary/aromatic N) is 2. The van der Waals surface area contributed by atoms with Gasteiger partial charge in [-0.3, -0.25) is 24.6 Å². The highest BCUT2D eigenvalue weighted by Crippen LogP contribution is 2.51. The molecular weight excluding hydrogens is 480 g/mol. The maximum absolute atomic E-state index is 14.1. The van der Waals surface area contributed by atoms with Crippen LogP contribution in [0.4, 0.5) is 5.69 Å². The highest BCUT2D eigenvalue weighted by atomic mass is 16.4. The van der Waals surface area contributed by atoms with Crippen LogP contribution in [0.5, 0.6) is 0 Å². The molecule has 4 unspecified atom stereocenters. The van der Waals surface area contributed by atoms with Crippen LogP contribution in [0.1, 0.15) is 49.3 Å². The summed E-state index contributed by atoms with van der Waals surface area (Å²) in [6.07, 6.45) is 6.54. The molecule has 198 valence electrons. The fraction of sp³-hybridized carbons (Fsp3) is 0.433. The van der Waals surface area contributed by atoms with Crippen molar-refractivity contribution in [1.29, 1.82) is 0 Å². The molecule has 2 aliphatic heterocycles. The van der Waals surface area contributed by atoms with Gasteiger partial charge in [0.25, 0.3) is 0 Å². The Morgan fingerprint density at radius 2 is 1.74 bits per heavy atom. The van der Waals surface area contributed by atoms with Crippen LogP contribution in [0.15, 0.2) is 54.7 Å². The minimum absolute atomic E-state index is 0.0946. The largest absolute Gasteiger partial charge is 0.480 e. The standard InChI is InChI=1S/C30H34N4O4/c1-33(2)20-14-12-18(13-15-20)26-24-25(28(36)34(27(24)35)21-8-4-3-5-9-21)30(32-26,29(37)38)16-19-17-31-23-11-7-6-10-22(19)23/h6-7,10-15,17,21,24-26,31-32H,3-5,8-9,16H2,1-2H3,(H,37,38). The summed E-state index contributed by atoms with van der Waals surface area (Å²) in [4.78, 5) is 48.0. The number of likely N-dealkylation sites (tertiary alicyclic amines) is 1. The van der Waals surface area contributed by atoms with Gasteiger partial charge in [-0.25, -0.2) is 0 Å². The predicted molar refractivity (Wildman–Crippen MR) is 145 cm³/mol. The molecule has 1 saturated carbocycles. The van der Waals surface area contributed by atoms with Gasteiger partial charge >= 0.3 is 5.97 Å². The summed E-state index contributed by atoms with van der Waals surface area (Å²) >= 11 is 0. The molecule has 3 aromatic rings. The molecule has 6 rings (SSSR count). The number of aromatic nitrogens is 1. The molecule has 0 radical (unpaired) electrons. The van der Waals surface area contributed by atoms with E-state index in [9.17, 15) is 19.5 Å². The van der Waals surface area contributed by atoms with Gasteiger partial charge in [0.15, 0.2) is 0 Å². The molecular formula is C30H34N4O4. The maximum Gasteiger partial charge on any atom is 0.325 e. The molecule has 3 heterocycles. The Morgan fingerprint density at radius 3 is 2.42 bits per heavy atom. The topological polar surface area (TPSA) is 106 Å². The van der Waals surface area contributed by atoms with E-state index in [2.05, 4.69) is 10.3 Å². The Hall–Kier alpha value is -3.65. The van der Waals surface area contributed by atoms with Crippen LogP contribution >= 0.6 is 0 Å². The van der Waals surface area contributed by atoms with Crippen LogP contribution in [-0.2, 0) is 20.8 Å². The molecule has 2 saturated heterocycles. The Balaban J connectivity index is 1.46. The van der Waals surface area contributed by atoms with Crippen molar-refractivity contribution in [3.8, 4) is 0 Å². The number of carboxylic acid groups (broad SMARTS) is 1. The van der Waals surface area contributed by atoms with E-state index in [0.717, 1.165) is 59.8 Å². The average Bonchev–Trinajstić information content (AvgIpc) is 3.57. The van der Waals surface area contributed by atoms with Crippen molar-refractivity contribution in [2.75, 3.05) is 19.0 Å². The number of aliphatic carboxylic acids is 1. The Bertz CT molecular complexity index is 1390. The van der Waals surface area contributed by atoms with Gasteiger partial charge in [0.2, 0.25) is 11.8 Å². The zero-order valence-electron chi connectivity index (χ0n) is 21.8. The lowest BCUT2D eigenvalue weighted by atomic mass is 9.76. The van der Waals surface area contributed by atoms with Crippen molar-refractivity contribution in [1.82, 2.24) is 15.2 Å².